The smallest absolute Gasteiger partial charge is 0.0371 e. The van der Waals surface area contributed by atoms with E-state index in [-0.39, 0.29) is 0 Å². The van der Waals surface area contributed by atoms with Crippen LogP contribution in [0.1, 0.15) is 30.4 Å². The topological polar surface area (TPSA) is 15.3 Å². The molecule has 0 aliphatic heterocycles. The number of nitrogens with zero attached hydrogens (tertiary/aromatic N) is 1. The Hall–Kier alpha value is -1.96. The van der Waals surface area contributed by atoms with E-state index in [4.69, 9.17) is 0 Å². The molecule has 0 bridgehead atoms. The molecule has 1 atom stereocenters. The van der Waals surface area contributed by atoms with Crippen molar-refractivity contribution in [2.75, 3.05) is 30.9 Å². The van der Waals surface area contributed by atoms with Gasteiger partial charge in [-0.15, -0.1) is 0 Å². The molecule has 0 saturated carbocycles. The second kappa shape index (κ2) is 7.16. The number of hydrogen-bond donors (Lipinski definition) is 1. The number of benzene rings is 2. The molecule has 0 fully saturated rings. The van der Waals surface area contributed by atoms with Crippen LogP contribution in [0.25, 0.3) is 0 Å². The van der Waals surface area contributed by atoms with Gasteiger partial charge in [-0.25, -0.2) is 0 Å². The Morgan fingerprint density at radius 1 is 1.05 bits per heavy atom. The van der Waals surface area contributed by atoms with Crippen LogP contribution >= 0.6 is 0 Å². The summed E-state index contributed by atoms with van der Waals surface area (Å²) in [4.78, 5) is 2.13. The van der Waals surface area contributed by atoms with Crippen LogP contribution < -0.4 is 10.2 Å². The van der Waals surface area contributed by atoms with Crippen LogP contribution in [0.4, 0.5) is 11.4 Å². The van der Waals surface area contributed by atoms with Crippen LogP contribution in [-0.4, -0.2) is 20.6 Å². The number of rotatable bonds is 6. The quantitative estimate of drug-likeness (QED) is 0.828. The molecule has 0 heterocycles. The fourth-order valence-electron chi connectivity index (χ4n) is 2.50. The molecule has 0 aromatic heterocycles. The van der Waals surface area contributed by atoms with Crippen molar-refractivity contribution in [3.63, 3.8) is 0 Å². The van der Waals surface area contributed by atoms with E-state index in [0.29, 0.717) is 5.92 Å². The molecule has 2 rings (SSSR count). The standard InChI is InChI=1S/C19H26N2/c1-15(17-8-6-5-7-9-17)12-13-20-19-11-10-18(21(3)4)14-16(19)2/h5-11,14-15,20H,12-13H2,1-4H3. The summed E-state index contributed by atoms with van der Waals surface area (Å²) in [5.74, 6) is 0.583. The highest BCUT2D eigenvalue weighted by Crippen LogP contribution is 2.23. The number of hydrogen-bond acceptors (Lipinski definition) is 2. The van der Waals surface area contributed by atoms with Gasteiger partial charge < -0.3 is 10.2 Å². The summed E-state index contributed by atoms with van der Waals surface area (Å²) in [6.07, 6.45) is 1.14. The van der Waals surface area contributed by atoms with E-state index >= 15 is 0 Å². The van der Waals surface area contributed by atoms with Gasteiger partial charge in [0.2, 0.25) is 0 Å². The Bertz CT molecular complexity index is 561. The van der Waals surface area contributed by atoms with Crippen molar-refractivity contribution in [2.24, 2.45) is 0 Å². The van der Waals surface area contributed by atoms with E-state index in [2.05, 4.69) is 86.7 Å². The Morgan fingerprint density at radius 3 is 2.38 bits per heavy atom. The predicted molar refractivity (Wildman–Crippen MR) is 93.5 cm³/mol. The molecule has 112 valence electrons. The van der Waals surface area contributed by atoms with E-state index < -0.39 is 0 Å². The fourth-order valence-corrected chi connectivity index (χ4v) is 2.50. The summed E-state index contributed by atoms with van der Waals surface area (Å²) in [6.45, 7) is 5.45. The van der Waals surface area contributed by atoms with Gasteiger partial charge in [-0.3, -0.25) is 0 Å². The van der Waals surface area contributed by atoms with Gasteiger partial charge in [0.25, 0.3) is 0 Å². The first kappa shape index (κ1) is 15.4. The highest BCUT2D eigenvalue weighted by molar-refractivity contribution is 5.59. The zero-order chi connectivity index (χ0) is 15.2. The monoisotopic (exact) mass is 282 g/mol. The average molecular weight is 282 g/mol. The summed E-state index contributed by atoms with van der Waals surface area (Å²) in [5, 5.41) is 3.56. The largest absolute Gasteiger partial charge is 0.385 e. The lowest BCUT2D eigenvalue weighted by atomic mass is 9.98. The molecule has 0 aliphatic rings. The SMILES string of the molecule is Cc1cc(N(C)C)ccc1NCCC(C)c1ccccc1. The first-order chi connectivity index (χ1) is 10.1. The van der Waals surface area contributed by atoms with Gasteiger partial charge in [0.1, 0.15) is 0 Å². The van der Waals surface area contributed by atoms with Crippen LogP contribution in [-0.2, 0) is 0 Å². The first-order valence-corrected chi connectivity index (χ1v) is 7.64. The minimum absolute atomic E-state index is 0.583. The number of anilines is 2. The Balaban J connectivity index is 1.89. The zero-order valence-electron chi connectivity index (χ0n) is 13.6. The van der Waals surface area contributed by atoms with Crippen LogP contribution in [0.2, 0.25) is 0 Å². The lowest BCUT2D eigenvalue weighted by Crippen LogP contribution is -2.10. The van der Waals surface area contributed by atoms with Crippen molar-refractivity contribution in [2.45, 2.75) is 26.2 Å². The van der Waals surface area contributed by atoms with E-state index in [1.165, 1.54) is 22.5 Å². The minimum Gasteiger partial charge on any atom is -0.385 e. The summed E-state index contributed by atoms with van der Waals surface area (Å²) >= 11 is 0. The molecule has 1 N–H and O–H groups in total. The first-order valence-electron chi connectivity index (χ1n) is 7.64. The van der Waals surface area contributed by atoms with Crippen molar-refractivity contribution in [3.8, 4) is 0 Å². The molecule has 0 amide bonds. The van der Waals surface area contributed by atoms with Gasteiger partial charge in [-0.1, -0.05) is 37.3 Å². The lowest BCUT2D eigenvalue weighted by molar-refractivity contribution is 0.706. The highest BCUT2D eigenvalue weighted by atomic mass is 15.1. The second-order valence-electron chi connectivity index (χ2n) is 5.92. The summed E-state index contributed by atoms with van der Waals surface area (Å²) < 4.78 is 0. The maximum atomic E-state index is 3.56. The molecule has 2 aromatic carbocycles. The maximum Gasteiger partial charge on any atom is 0.0371 e. The van der Waals surface area contributed by atoms with Gasteiger partial charge in [0.05, 0.1) is 0 Å². The van der Waals surface area contributed by atoms with Crippen molar-refractivity contribution < 1.29 is 0 Å². The van der Waals surface area contributed by atoms with Crippen molar-refractivity contribution in [1.29, 1.82) is 0 Å². The summed E-state index contributed by atoms with van der Waals surface area (Å²) in [7, 11) is 4.15. The Labute approximate surface area is 128 Å². The van der Waals surface area contributed by atoms with Gasteiger partial charge in [0, 0.05) is 32.0 Å². The Morgan fingerprint density at radius 2 is 1.76 bits per heavy atom. The molecule has 0 spiro atoms. The molecular formula is C19H26N2. The molecule has 2 nitrogen and oxygen atoms in total. The molecule has 21 heavy (non-hydrogen) atoms. The number of nitrogens with one attached hydrogen (secondary N) is 1. The van der Waals surface area contributed by atoms with Crippen LogP contribution in [0.5, 0.6) is 0 Å². The average Bonchev–Trinajstić information content (AvgIpc) is 2.49. The molecular weight excluding hydrogens is 256 g/mol. The lowest BCUT2D eigenvalue weighted by Gasteiger charge is -2.17. The van der Waals surface area contributed by atoms with Crippen LogP contribution in [0, 0.1) is 6.92 Å². The van der Waals surface area contributed by atoms with Crippen LogP contribution in [0.15, 0.2) is 48.5 Å². The Kier molecular flexibility index (Phi) is 5.26. The molecule has 2 aromatic rings. The molecule has 0 radical (unpaired) electrons. The van der Waals surface area contributed by atoms with E-state index in [1.807, 2.05) is 0 Å². The molecule has 0 aliphatic carbocycles. The second-order valence-corrected chi connectivity index (χ2v) is 5.92. The van der Waals surface area contributed by atoms with Crippen molar-refractivity contribution in [3.05, 3.63) is 59.7 Å². The summed E-state index contributed by atoms with van der Waals surface area (Å²) in [5.41, 5.74) is 5.20. The fraction of sp³-hybridized carbons (Fsp3) is 0.368. The normalized spacial score (nSPS) is 12.0. The van der Waals surface area contributed by atoms with Gasteiger partial charge >= 0.3 is 0 Å². The summed E-state index contributed by atoms with van der Waals surface area (Å²) in [6, 6.07) is 17.3. The van der Waals surface area contributed by atoms with Gasteiger partial charge in [0.15, 0.2) is 0 Å². The van der Waals surface area contributed by atoms with Gasteiger partial charge in [-0.2, -0.15) is 0 Å². The van der Waals surface area contributed by atoms with E-state index in [9.17, 15) is 0 Å². The van der Waals surface area contributed by atoms with Gasteiger partial charge in [-0.05, 0) is 48.6 Å². The van der Waals surface area contributed by atoms with E-state index in [0.717, 1.165) is 13.0 Å². The third-order valence-electron chi connectivity index (χ3n) is 3.99. The predicted octanol–water partition coefficient (Wildman–Crippen LogP) is 4.67. The van der Waals surface area contributed by atoms with E-state index in [1.54, 1.807) is 0 Å². The molecule has 1 unspecified atom stereocenters. The van der Waals surface area contributed by atoms with Crippen molar-refractivity contribution >= 4 is 11.4 Å². The van der Waals surface area contributed by atoms with Crippen molar-refractivity contribution in [1.82, 2.24) is 0 Å². The maximum absolute atomic E-state index is 3.56. The van der Waals surface area contributed by atoms with Crippen LogP contribution in [0.3, 0.4) is 0 Å². The molecule has 2 heteroatoms. The third kappa shape index (κ3) is 4.25. The third-order valence-corrected chi connectivity index (χ3v) is 3.99. The minimum atomic E-state index is 0.583. The number of aryl methyl sites for hydroxylation is 1. The molecule has 0 saturated heterocycles. The highest BCUT2D eigenvalue weighted by Gasteiger charge is 2.05. The zero-order valence-corrected chi connectivity index (χ0v) is 13.6.